The molecular formula is C12H13N5O. The fraction of sp³-hybridized carbons (Fsp3) is 0.333. The van der Waals surface area contributed by atoms with Gasteiger partial charge in [0.25, 0.3) is 0 Å². The molecule has 0 aliphatic carbocycles. The van der Waals surface area contributed by atoms with Gasteiger partial charge in [-0.15, -0.1) is 0 Å². The van der Waals surface area contributed by atoms with Crippen LogP contribution in [0.1, 0.15) is 36.0 Å². The zero-order chi connectivity index (χ0) is 13.1. The molecule has 0 saturated heterocycles. The zero-order valence-corrected chi connectivity index (χ0v) is 10.4. The lowest BCUT2D eigenvalue weighted by Crippen LogP contribution is -2.10. The third kappa shape index (κ3) is 2.63. The Morgan fingerprint density at radius 3 is 2.78 bits per heavy atom. The summed E-state index contributed by atoms with van der Waals surface area (Å²) in [6.45, 7) is 5.54. The Hall–Kier alpha value is -2.42. The number of nitrogens with zero attached hydrogens (tertiary/aromatic N) is 4. The Labute approximate surface area is 105 Å². The maximum absolute atomic E-state index is 8.84. The molecule has 0 fully saturated rings. The van der Waals surface area contributed by atoms with Crippen LogP contribution in [-0.4, -0.2) is 15.0 Å². The van der Waals surface area contributed by atoms with Crippen molar-refractivity contribution >= 4 is 5.95 Å². The molecule has 0 amide bonds. The summed E-state index contributed by atoms with van der Waals surface area (Å²) in [5.41, 5.74) is 1.07. The molecular weight excluding hydrogens is 230 g/mol. The number of aromatic nitrogens is 3. The van der Waals surface area contributed by atoms with Gasteiger partial charge in [-0.05, 0) is 26.8 Å². The predicted molar refractivity (Wildman–Crippen MR) is 64.8 cm³/mol. The van der Waals surface area contributed by atoms with Gasteiger partial charge in [-0.1, -0.05) is 0 Å². The third-order valence-electron chi connectivity index (χ3n) is 2.32. The van der Waals surface area contributed by atoms with Crippen LogP contribution in [0.5, 0.6) is 0 Å². The Balaban J connectivity index is 2.19. The Morgan fingerprint density at radius 1 is 1.39 bits per heavy atom. The van der Waals surface area contributed by atoms with E-state index < -0.39 is 0 Å². The van der Waals surface area contributed by atoms with Crippen molar-refractivity contribution in [3.8, 4) is 6.07 Å². The number of anilines is 1. The van der Waals surface area contributed by atoms with Crippen molar-refractivity contribution in [2.45, 2.75) is 26.8 Å². The summed E-state index contributed by atoms with van der Waals surface area (Å²) >= 11 is 0. The van der Waals surface area contributed by atoms with Crippen molar-refractivity contribution in [1.82, 2.24) is 15.0 Å². The average Bonchev–Trinajstić information content (AvgIpc) is 2.75. The lowest BCUT2D eigenvalue weighted by molar-refractivity contribution is 0.453. The van der Waals surface area contributed by atoms with Crippen molar-refractivity contribution in [2.75, 3.05) is 5.32 Å². The maximum Gasteiger partial charge on any atom is 0.224 e. The van der Waals surface area contributed by atoms with Gasteiger partial charge in [-0.25, -0.2) is 15.0 Å². The summed E-state index contributed by atoms with van der Waals surface area (Å²) in [6.07, 6.45) is 1.66. The molecule has 0 saturated carbocycles. The Morgan fingerprint density at radius 2 is 2.17 bits per heavy atom. The van der Waals surface area contributed by atoms with E-state index >= 15 is 0 Å². The van der Waals surface area contributed by atoms with Gasteiger partial charge in [0.15, 0.2) is 0 Å². The lowest BCUT2D eigenvalue weighted by Gasteiger charge is -2.10. The first kappa shape index (κ1) is 12.0. The lowest BCUT2D eigenvalue weighted by atomic mass is 10.3. The molecule has 0 bridgehead atoms. The highest BCUT2D eigenvalue weighted by atomic mass is 16.4. The van der Waals surface area contributed by atoms with Crippen LogP contribution in [0.25, 0.3) is 0 Å². The highest BCUT2D eigenvalue weighted by Gasteiger charge is 2.13. The van der Waals surface area contributed by atoms with Crippen molar-refractivity contribution in [3.63, 3.8) is 0 Å². The minimum absolute atomic E-state index is 0.160. The first-order valence-corrected chi connectivity index (χ1v) is 5.53. The minimum Gasteiger partial charge on any atom is -0.444 e. The third-order valence-corrected chi connectivity index (χ3v) is 2.32. The van der Waals surface area contributed by atoms with E-state index in [1.807, 2.05) is 26.8 Å². The number of oxazole rings is 1. The fourth-order valence-electron chi connectivity index (χ4n) is 1.52. The summed E-state index contributed by atoms with van der Waals surface area (Å²) in [5, 5.41) is 11.9. The fourth-order valence-corrected chi connectivity index (χ4v) is 1.52. The van der Waals surface area contributed by atoms with Gasteiger partial charge < -0.3 is 9.73 Å². The number of aryl methyl sites for hydroxylation is 2. The molecule has 1 unspecified atom stereocenters. The second-order valence-corrected chi connectivity index (χ2v) is 4.01. The molecule has 92 valence electrons. The van der Waals surface area contributed by atoms with Crippen LogP contribution in [0.3, 0.4) is 0 Å². The van der Waals surface area contributed by atoms with E-state index in [2.05, 4.69) is 20.3 Å². The number of hydrogen-bond acceptors (Lipinski definition) is 6. The summed E-state index contributed by atoms with van der Waals surface area (Å²) in [6, 6.07) is 3.47. The first-order valence-electron chi connectivity index (χ1n) is 5.53. The smallest absolute Gasteiger partial charge is 0.224 e. The van der Waals surface area contributed by atoms with E-state index in [1.54, 1.807) is 12.3 Å². The van der Waals surface area contributed by atoms with E-state index in [-0.39, 0.29) is 6.04 Å². The molecule has 18 heavy (non-hydrogen) atoms. The quantitative estimate of drug-likeness (QED) is 0.888. The van der Waals surface area contributed by atoms with Gasteiger partial charge in [0.2, 0.25) is 11.8 Å². The predicted octanol–water partition coefficient (Wildman–Crippen LogP) is 2.13. The van der Waals surface area contributed by atoms with Crippen molar-refractivity contribution in [1.29, 1.82) is 5.26 Å². The number of hydrogen-bond donors (Lipinski definition) is 1. The van der Waals surface area contributed by atoms with Crippen LogP contribution in [0.15, 0.2) is 16.7 Å². The number of nitriles is 1. The summed E-state index contributed by atoms with van der Waals surface area (Å²) in [7, 11) is 0. The molecule has 0 aliphatic heterocycles. The molecule has 2 heterocycles. The number of rotatable bonds is 3. The summed E-state index contributed by atoms with van der Waals surface area (Å²) in [4.78, 5) is 12.4. The maximum atomic E-state index is 8.84. The SMILES string of the molecule is Cc1cc(C#N)nc(NC(C)c2ncc(C)o2)n1. The number of nitrogens with one attached hydrogen (secondary N) is 1. The molecule has 0 spiro atoms. The molecule has 1 atom stereocenters. The van der Waals surface area contributed by atoms with Gasteiger partial charge in [-0.3, -0.25) is 0 Å². The largest absolute Gasteiger partial charge is 0.444 e. The van der Waals surface area contributed by atoms with Gasteiger partial charge in [-0.2, -0.15) is 5.26 Å². The van der Waals surface area contributed by atoms with E-state index in [4.69, 9.17) is 9.68 Å². The van der Waals surface area contributed by atoms with E-state index in [1.165, 1.54) is 0 Å². The van der Waals surface area contributed by atoms with Crippen LogP contribution in [0, 0.1) is 25.2 Å². The van der Waals surface area contributed by atoms with Gasteiger partial charge >= 0.3 is 0 Å². The van der Waals surface area contributed by atoms with Gasteiger partial charge in [0.05, 0.1) is 6.20 Å². The van der Waals surface area contributed by atoms with Crippen molar-refractivity contribution < 1.29 is 4.42 Å². The van der Waals surface area contributed by atoms with Crippen molar-refractivity contribution in [3.05, 3.63) is 35.3 Å². The standard InChI is InChI=1S/C12H13N5O/c1-7-4-10(5-13)17-12(15-7)16-9(3)11-14-6-8(2)18-11/h4,6,9H,1-3H3,(H,15,16,17). The molecule has 0 radical (unpaired) electrons. The normalized spacial score (nSPS) is 11.9. The van der Waals surface area contributed by atoms with E-state index in [0.717, 1.165) is 11.5 Å². The summed E-state index contributed by atoms with van der Waals surface area (Å²) < 4.78 is 5.41. The van der Waals surface area contributed by atoms with Crippen LogP contribution in [-0.2, 0) is 0 Å². The topological polar surface area (TPSA) is 87.6 Å². The molecule has 0 aromatic carbocycles. The van der Waals surface area contributed by atoms with E-state index in [0.29, 0.717) is 17.5 Å². The molecule has 6 nitrogen and oxygen atoms in total. The highest BCUT2D eigenvalue weighted by Crippen LogP contribution is 2.16. The van der Waals surface area contributed by atoms with Crippen LogP contribution in [0.2, 0.25) is 0 Å². The highest BCUT2D eigenvalue weighted by molar-refractivity contribution is 5.34. The molecule has 6 heteroatoms. The molecule has 2 rings (SSSR count). The first-order chi connectivity index (χ1) is 8.58. The van der Waals surface area contributed by atoms with Gasteiger partial charge in [0, 0.05) is 5.69 Å². The van der Waals surface area contributed by atoms with Crippen LogP contribution >= 0.6 is 0 Å². The Kier molecular flexibility index (Phi) is 3.24. The monoisotopic (exact) mass is 243 g/mol. The van der Waals surface area contributed by atoms with Crippen LogP contribution < -0.4 is 5.32 Å². The second kappa shape index (κ2) is 4.84. The summed E-state index contributed by atoms with van der Waals surface area (Å²) in [5.74, 6) is 1.72. The van der Waals surface area contributed by atoms with Crippen LogP contribution in [0.4, 0.5) is 5.95 Å². The molecule has 1 N–H and O–H groups in total. The molecule has 2 aromatic heterocycles. The minimum atomic E-state index is -0.160. The van der Waals surface area contributed by atoms with Crippen molar-refractivity contribution in [2.24, 2.45) is 0 Å². The van der Waals surface area contributed by atoms with E-state index in [9.17, 15) is 0 Å². The average molecular weight is 243 g/mol. The molecule has 2 aromatic rings. The molecule has 0 aliphatic rings. The Bertz CT molecular complexity index is 599. The second-order valence-electron chi connectivity index (χ2n) is 4.01. The zero-order valence-electron chi connectivity index (χ0n) is 10.4. The van der Waals surface area contributed by atoms with Gasteiger partial charge in [0.1, 0.15) is 23.6 Å².